The molecule has 1 aliphatic rings. The van der Waals surface area contributed by atoms with Gasteiger partial charge >= 0.3 is 5.97 Å². The van der Waals surface area contributed by atoms with Crippen LogP contribution in [0.25, 0.3) is 0 Å². The molecule has 0 saturated carbocycles. The van der Waals surface area contributed by atoms with E-state index in [1.54, 1.807) is 0 Å². The summed E-state index contributed by atoms with van der Waals surface area (Å²) in [6.07, 6.45) is -0.350. The van der Waals surface area contributed by atoms with E-state index in [4.69, 9.17) is 37.8 Å². The summed E-state index contributed by atoms with van der Waals surface area (Å²) < 4.78 is 32.5. The normalized spacial score (nSPS) is 15.9. The molecule has 19 heavy (non-hydrogen) atoms. The van der Waals surface area contributed by atoms with E-state index in [1.807, 2.05) is 0 Å². The van der Waals surface area contributed by atoms with Gasteiger partial charge in [-0.15, -0.1) is 0 Å². The zero-order valence-corrected chi connectivity index (χ0v) is 11.8. The largest absolute Gasteiger partial charge is 0.454 e. The van der Waals surface area contributed by atoms with Crippen LogP contribution >= 0.6 is 23.2 Å². The fraction of sp³-hybridized carbons (Fsp3) is 0.300. The van der Waals surface area contributed by atoms with E-state index in [-0.39, 0.29) is 26.6 Å². The van der Waals surface area contributed by atoms with Crippen LogP contribution in [0.2, 0.25) is 10.0 Å². The predicted molar refractivity (Wildman–Crippen MR) is 67.9 cm³/mol. The molecular weight excluding hydrogens is 317 g/mol. The highest BCUT2D eigenvalue weighted by Crippen LogP contribution is 2.29. The lowest BCUT2D eigenvalue weighted by molar-refractivity contribution is -0.103. The Morgan fingerprint density at radius 2 is 1.95 bits per heavy atom. The first-order valence-electron chi connectivity index (χ1n) is 5.09. The zero-order chi connectivity index (χ0) is 14.2. The summed E-state index contributed by atoms with van der Waals surface area (Å²) in [6.45, 7) is 0.609. The van der Waals surface area contributed by atoms with Crippen LogP contribution in [-0.4, -0.2) is 33.7 Å². The highest BCUT2D eigenvalue weighted by atomic mass is 35.5. The van der Waals surface area contributed by atoms with Gasteiger partial charge in [0.25, 0.3) is 0 Å². The smallest absolute Gasteiger partial charge is 0.340 e. The third-order valence-electron chi connectivity index (χ3n) is 2.43. The second-order valence-electron chi connectivity index (χ2n) is 3.87. The van der Waals surface area contributed by atoms with Gasteiger partial charge in [-0.3, -0.25) is 0 Å². The van der Waals surface area contributed by atoms with Crippen molar-refractivity contribution in [2.75, 3.05) is 13.2 Å². The van der Waals surface area contributed by atoms with Crippen molar-refractivity contribution in [1.82, 2.24) is 0 Å². The van der Waals surface area contributed by atoms with Gasteiger partial charge in [-0.2, -0.15) is 0 Å². The maximum Gasteiger partial charge on any atom is 0.340 e. The Morgan fingerprint density at radius 1 is 1.32 bits per heavy atom. The molecule has 1 fully saturated rings. The number of carbonyl (C=O) groups excluding carboxylic acids is 1. The zero-order valence-electron chi connectivity index (χ0n) is 9.43. The number of carbonyl (C=O) groups is 1. The molecule has 0 spiro atoms. The minimum Gasteiger partial charge on any atom is -0.454 e. The van der Waals surface area contributed by atoms with Crippen molar-refractivity contribution in [2.45, 2.75) is 11.0 Å². The Labute approximate surface area is 119 Å². The SMILES string of the molecule is NS(=O)(=O)c1cc(C(=O)OC2COC2)c(Cl)cc1Cl. The van der Waals surface area contributed by atoms with Gasteiger partial charge in [0.2, 0.25) is 10.0 Å². The van der Waals surface area contributed by atoms with Crippen LogP contribution in [0.15, 0.2) is 17.0 Å². The number of ether oxygens (including phenoxy) is 2. The first-order valence-corrected chi connectivity index (χ1v) is 7.40. The summed E-state index contributed by atoms with van der Waals surface area (Å²) >= 11 is 11.6. The standard InChI is InChI=1S/C10H9Cl2NO5S/c11-7-2-8(12)9(19(13,15)16)1-6(7)10(14)18-5-3-17-4-5/h1-2,5H,3-4H2,(H2,13,15,16). The Hall–Kier alpha value is -0.860. The minimum atomic E-state index is -4.05. The Balaban J connectivity index is 2.36. The van der Waals surface area contributed by atoms with Crippen LogP contribution < -0.4 is 5.14 Å². The highest BCUT2D eigenvalue weighted by Gasteiger charge is 2.26. The molecule has 0 radical (unpaired) electrons. The van der Waals surface area contributed by atoms with E-state index < -0.39 is 16.0 Å². The molecule has 104 valence electrons. The average molecular weight is 326 g/mol. The van der Waals surface area contributed by atoms with Crippen LogP contribution in [0.1, 0.15) is 10.4 Å². The Kier molecular flexibility index (Phi) is 4.03. The van der Waals surface area contributed by atoms with Gasteiger partial charge in [-0.05, 0) is 12.1 Å². The summed E-state index contributed by atoms with van der Waals surface area (Å²) in [7, 11) is -4.05. The average Bonchev–Trinajstić information content (AvgIpc) is 2.21. The van der Waals surface area contributed by atoms with Crippen LogP contribution in [-0.2, 0) is 19.5 Å². The number of rotatable bonds is 3. The number of sulfonamides is 1. The first kappa shape index (κ1) is 14.5. The summed E-state index contributed by atoms with van der Waals surface area (Å²) in [5, 5.41) is 4.82. The molecule has 0 aromatic heterocycles. The number of hydrogen-bond acceptors (Lipinski definition) is 5. The second kappa shape index (κ2) is 5.26. The maximum atomic E-state index is 11.8. The third kappa shape index (κ3) is 3.18. The van der Waals surface area contributed by atoms with Crippen LogP contribution in [0, 0.1) is 0 Å². The van der Waals surface area contributed by atoms with E-state index >= 15 is 0 Å². The van der Waals surface area contributed by atoms with Gasteiger partial charge in [0, 0.05) is 0 Å². The van der Waals surface area contributed by atoms with Gasteiger partial charge in [0.1, 0.15) is 11.0 Å². The fourth-order valence-electron chi connectivity index (χ4n) is 1.40. The monoisotopic (exact) mass is 325 g/mol. The van der Waals surface area contributed by atoms with Crippen molar-refractivity contribution in [3.63, 3.8) is 0 Å². The minimum absolute atomic E-state index is 0.0114. The number of hydrogen-bond donors (Lipinski definition) is 1. The summed E-state index contributed by atoms with van der Waals surface area (Å²) in [5.41, 5.74) is -0.109. The van der Waals surface area contributed by atoms with Gasteiger partial charge in [0.15, 0.2) is 0 Å². The van der Waals surface area contributed by atoms with Crippen molar-refractivity contribution >= 4 is 39.2 Å². The number of nitrogens with two attached hydrogens (primary N) is 1. The second-order valence-corrected chi connectivity index (χ2v) is 6.22. The summed E-state index contributed by atoms with van der Waals surface area (Å²) in [5.74, 6) is -0.750. The molecule has 1 heterocycles. The number of benzene rings is 1. The molecule has 1 aromatic rings. The van der Waals surface area contributed by atoms with Gasteiger partial charge in [-0.1, -0.05) is 23.2 Å². The van der Waals surface area contributed by atoms with Crippen LogP contribution in [0.5, 0.6) is 0 Å². The van der Waals surface area contributed by atoms with Gasteiger partial charge < -0.3 is 9.47 Å². The lowest BCUT2D eigenvalue weighted by atomic mass is 10.2. The highest BCUT2D eigenvalue weighted by molar-refractivity contribution is 7.89. The molecule has 0 aliphatic carbocycles. The van der Waals surface area contributed by atoms with E-state index in [0.717, 1.165) is 12.1 Å². The van der Waals surface area contributed by atoms with Crippen molar-refractivity contribution in [3.05, 3.63) is 27.7 Å². The third-order valence-corrected chi connectivity index (χ3v) is 4.12. The maximum absolute atomic E-state index is 11.8. The van der Waals surface area contributed by atoms with Crippen molar-refractivity contribution < 1.29 is 22.7 Å². The molecule has 2 N–H and O–H groups in total. The Morgan fingerprint density at radius 3 is 2.42 bits per heavy atom. The molecule has 6 nitrogen and oxygen atoms in total. The quantitative estimate of drug-likeness (QED) is 0.842. The number of esters is 1. The topological polar surface area (TPSA) is 95.7 Å². The van der Waals surface area contributed by atoms with E-state index in [9.17, 15) is 13.2 Å². The van der Waals surface area contributed by atoms with E-state index in [2.05, 4.69) is 0 Å². The van der Waals surface area contributed by atoms with Gasteiger partial charge in [0.05, 0.1) is 28.8 Å². The molecule has 2 rings (SSSR count). The van der Waals surface area contributed by atoms with Gasteiger partial charge in [-0.25, -0.2) is 18.4 Å². The molecule has 0 unspecified atom stereocenters. The van der Waals surface area contributed by atoms with Crippen LogP contribution in [0.3, 0.4) is 0 Å². The first-order chi connectivity index (χ1) is 8.79. The van der Waals surface area contributed by atoms with Crippen molar-refractivity contribution in [3.8, 4) is 0 Å². The predicted octanol–water partition coefficient (Wildman–Crippen LogP) is 1.20. The molecule has 9 heteroatoms. The number of halogens is 2. The van der Waals surface area contributed by atoms with Crippen molar-refractivity contribution in [2.24, 2.45) is 5.14 Å². The van der Waals surface area contributed by atoms with E-state index in [0.29, 0.717) is 13.2 Å². The Bertz CT molecular complexity index is 627. The van der Waals surface area contributed by atoms with Crippen molar-refractivity contribution in [1.29, 1.82) is 0 Å². The lowest BCUT2D eigenvalue weighted by Crippen LogP contribution is -2.37. The molecule has 1 aromatic carbocycles. The fourth-order valence-corrected chi connectivity index (χ4v) is 2.80. The van der Waals surface area contributed by atoms with Crippen LogP contribution in [0.4, 0.5) is 0 Å². The van der Waals surface area contributed by atoms with E-state index in [1.165, 1.54) is 0 Å². The molecule has 1 saturated heterocycles. The number of primary sulfonamides is 1. The molecule has 0 amide bonds. The lowest BCUT2D eigenvalue weighted by Gasteiger charge is -2.25. The summed E-state index contributed by atoms with van der Waals surface area (Å²) in [4.78, 5) is 11.4. The summed E-state index contributed by atoms with van der Waals surface area (Å²) in [6, 6.07) is 2.14. The molecule has 0 bridgehead atoms. The molecular formula is C10H9Cl2NO5S. The molecule has 1 aliphatic heterocycles. The molecule has 0 atom stereocenters.